The molecule has 2 N–H and O–H groups in total. The van der Waals surface area contributed by atoms with Crippen molar-refractivity contribution in [3.8, 4) is 0 Å². The zero-order chi connectivity index (χ0) is 10.8. The van der Waals surface area contributed by atoms with Gasteiger partial charge in [-0.3, -0.25) is 9.63 Å². The Kier molecular flexibility index (Phi) is 2.70. The number of carbonyl (C=O) groups excluding carboxylic acids is 1. The first-order chi connectivity index (χ1) is 7.24. The molecule has 0 saturated carbocycles. The van der Waals surface area contributed by atoms with Crippen LogP contribution in [0.2, 0.25) is 0 Å². The Balaban J connectivity index is 2.43. The summed E-state index contributed by atoms with van der Waals surface area (Å²) in [6.45, 7) is 0.394. The predicted octanol–water partition coefficient (Wildman–Crippen LogP) is 0.986. The van der Waals surface area contributed by atoms with Crippen molar-refractivity contribution in [3.05, 3.63) is 29.3 Å². The van der Waals surface area contributed by atoms with E-state index in [1.54, 1.807) is 11.9 Å². The van der Waals surface area contributed by atoms with Crippen LogP contribution in [0.1, 0.15) is 17.5 Å². The Morgan fingerprint density at radius 2 is 2.27 bits per heavy atom. The molecule has 1 aliphatic heterocycles. The highest BCUT2D eigenvalue weighted by Crippen LogP contribution is 2.29. The van der Waals surface area contributed by atoms with E-state index in [1.165, 1.54) is 5.56 Å². The monoisotopic (exact) mass is 206 g/mol. The van der Waals surface area contributed by atoms with E-state index in [1.807, 2.05) is 18.2 Å². The van der Waals surface area contributed by atoms with Gasteiger partial charge in [0, 0.05) is 19.2 Å². The first-order valence-electron chi connectivity index (χ1n) is 4.93. The molecule has 0 bridgehead atoms. The van der Waals surface area contributed by atoms with Crippen LogP contribution in [0.5, 0.6) is 0 Å². The van der Waals surface area contributed by atoms with Crippen LogP contribution in [0.15, 0.2) is 18.2 Å². The molecule has 2 rings (SSSR count). The van der Waals surface area contributed by atoms with Crippen molar-refractivity contribution in [2.45, 2.75) is 19.4 Å². The van der Waals surface area contributed by atoms with Gasteiger partial charge in [0.1, 0.15) is 0 Å². The lowest BCUT2D eigenvalue weighted by atomic mass is 9.96. The number of nitrogens with two attached hydrogens (primary N) is 1. The second-order valence-electron chi connectivity index (χ2n) is 3.68. The molecule has 80 valence electrons. The maximum atomic E-state index is 11.5. The third-order valence-electron chi connectivity index (χ3n) is 2.81. The third-order valence-corrected chi connectivity index (χ3v) is 2.81. The molecule has 0 spiro atoms. The quantitative estimate of drug-likeness (QED) is 0.734. The summed E-state index contributed by atoms with van der Waals surface area (Å²) in [6, 6.07) is 5.85. The van der Waals surface area contributed by atoms with Crippen LogP contribution in [-0.2, 0) is 22.7 Å². The van der Waals surface area contributed by atoms with Gasteiger partial charge in [-0.25, -0.2) is 5.90 Å². The minimum absolute atomic E-state index is 0.160. The molecule has 0 aromatic heterocycles. The predicted molar refractivity (Wildman–Crippen MR) is 57.1 cm³/mol. The molecule has 1 aromatic carbocycles. The van der Waals surface area contributed by atoms with Crippen molar-refractivity contribution in [2.24, 2.45) is 5.90 Å². The summed E-state index contributed by atoms with van der Waals surface area (Å²) in [4.78, 5) is 17.8. The maximum absolute atomic E-state index is 11.5. The molecule has 4 heteroatoms. The molecule has 15 heavy (non-hydrogen) atoms. The minimum Gasteiger partial charge on any atom is -0.315 e. The first-order valence-corrected chi connectivity index (χ1v) is 4.93. The highest BCUT2D eigenvalue weighted by atomic mass is 16.6. The van der Waals surface area contributed by atoms with Gasteiger partial charge in [0.15, 0.2) is 0 Å². The summed E-state index contributed by atoms with van der Waals surface area (Å²) in [5, 5.41) is 0. The molecule has 1 amide bonds. The van der Waals surface area contributed by atoms with Crippen molar-refractivity contribution in [3.63, 3.8) is 0 Å². The fraction of sp³-hybridized carbons (Fsp3) is 0.364. The Morgan fingerprint density at radius 3 is 3.00 bits per heavy atom. The SMILES string of the molecule is CN1C(=O)CCc2c(CON)cccc21. The van der Waals surface area contributed by atoms with E-state index < -0.39 is 0 Å². The Bertz CT molecular complexity index is 390. The number of carbonyl (C=O) groups is 1. The molecular formula is C11H14N2O2. The number of benzene rings is 1. The average molecular weight is 206 g/mol. The van der Waals surface area contributed by atoms with E-state index in [0.717, 1.165) is 17.7 Å². The molecule has 0 atom stereocenters. The molecule has 0 aliphatic carbocycles. The van der Waals surface area contributed by atoms with Gasteiger partial charge in [-0.05, 0) is 23.6 Å². The number of nitrogens with zero attached hydrogens (tertiary/aromatic N) is 1. The topological polar surface area (TPSA) is 55.6 Å². The summed E-state index contributed by atoms with van der Waals surface area (Å²) >= 11 is 0. The summed E-state index contributed by atoms with van der Waals surface area (Å²) in [6.07, 6.45) is 1.34. The zero-order valence-electron chi connectivity index (χ0n) is 8.69. The minimum atomic E-state index is 0.160. The van der Waals surface area contributed by atoms with Crippen LogP contribution in [0.3, 0.4) is 0 Å². The molecule has 0 saturated heterocycles. The lowest BCUT2D eigenvalue weighted by molar-refractivity contribution is -0.118. The smallest absolute Gasteiger partial charge is 0.227 e. The van der Waals surface area contributed by atoms with Gasteiger partial charge in [0.05, 0.1) is 6.61 Å². The number of rotatable bonds is 2. The Hall–Kier alpha value is -1.39. The van der Waals surface area contributed by atoms with Gasteiger partial charge in [-0.2, -0.15) is 0 Å². The van der Waals surface area contributed by atoms with Gasteiger partial charge in [0.25, 0.3) is 0 Å². The van der Waals surface area contributed by atoms with E-state index >= 15 is 0 Å². The fourth-order valence-corrected chi connectivity index (χ4v) is 1.98. The van der Waals surface area contributed by atoms with Crippen LogP contribution >= 0.6 is 0 Å². The van der Waals surface area contributed by atoms with E-state index in [9.17, 15) is 4.79 Å². The Labute approximate surface area is 88.6 Å². The van der Waals surface area contributed by atoms with Gasteiger partial charge in [-0.15, -0.1) is 0 Å². The zero-order valence-corrected chi connectivity index (χ0v) is 8.69. The number of anilines is 1. The summed E-state index contributed by atoms with van der Waals surface area (Å²) in [7, 11) is 1.80. The van der Waals surface area contributed by atoms with Crippen LogP contribution in [0, 0.1) is 0 Å². The van der Waals surface area contributed by atoms with Gasteiger partial charge in [0.2, 0.25) is 5.91 Å². The van der Waals surface area contributed by atoms with Crippen molar-refractivity contribution in [1.82, 2.24) is 0 Å². The highest BCUT2D eigenvalue weighted by molar-refractivity contribution is 5.96. The molecule has 1 aliphatic rings. The lowest BCUT2D eigenvalue weighted by Gasteiger charge is -2.27. The molecule has 0 fully saturated rings. The lowest BCUT2D eigenvalue weighted by Crippen LogP contribution is -2.31. The third kappa shape index (κ3) is 1.73. The maximum Gasteiger partial charge on any atom is 0.227 e. The van der Waals surface area contributed by atoms with Crippen LogP contribution in [0.4, 0.5) is 5.69 Å². The van der Waals surface area contributed by atoms with Crippen LogP contribution < -0.4 is 10.8 Å². The van der Waals surface area contributed by atoms with Gasteiger partial charge < -0.3 is 4.90 Å². The Morgan fingerprint density at radius 1 is 1.47 bits per heavy atom. The normalized spacial score (nSPS) is 15.3. The fourth-order valence-electron chi connectivity index (χ4n) is 1.98. The second kappa shape index (κ2) is 4.00. The molecular weight excluding hydrogens is 192 g/mol. The van der Waals surface area contributed by atoms with Crippen LogP contribution in [0.25, 0.3) is 0 Å². The molecule has 1 aromatic rings. The number of amides is 1. The molecule has 0 unspecified atom stereocenters. The van der Waals surface area contributed by atoms with Crippen LogP contribution in [-0.4, -0.2) is 13.0 Å². The van der Waals surface area contributed by atoms with Gasteiger partial charge in [-0.1, -0.05) is 12.1 Å². The van der Waals surface area contributed by atoms with Gasteiger partial charge >= 0.3 is 0 Å². The summed E-state index contributed by atoms with van der Waals surface area (Å²) in [5.41, 5.74) is 3.21. The first kappa shape index (κ1) is 10.1. The van der Waals surface area contributed by atoms with E-state index in [4.69, 9.17) is 5.90 Å². The standard InChI is InChI=1S/C11H14N2O2/c1-13-10-4-2-3-8(7-15-12)9(10)5-6-11(13)14/h2-4H,5-7,12H2,1H3. The molecule has 0 radical (unpaired) electrons. The number of fused-ring (bicyclic) bond motifs is 1. The molecule has 1 heterocycles. The van der Waals surface area contributed by atoms with E-state index in [2.05, 4.69) is 4.84 Å². The van der Waals surface area contributed by atoms with Crippen molar-refractivity contribution in [2.75, 3.05) is 11.9 Å². The number of hydrogen-bond acceptors (Lipinski definition) is 3. The average Bonchev–Trinajstić information content (AvgIpc) is 2.25. The van der Waals surface area contributed by atoms with Crippen molar-refractivity contribution >= 4 is 11.6 Å². The van der Waals surface area contributed by atoms with Crippen molar-refractivity contribution < 1.29 is 9.63 Å². The van der Waals surface area contributed by atoms with Crippen molar-refractivity contribution in [1.29, 1.82) is 0 Å². The largest absolute Gasteiger partial charge is 0.315 e. The van der Waals surface area contributed by atoms with E-state index in [-0.39, 0.29) is 5.91 Å². The van der Waals surface area contributed by atoms with E-state index in [0.29, 0.717) is 13.0 Å². The highest BCUT2D eigenvalue weighted by Gasteiger charge is 2.22. The molecule has 4 nitrogen and oxygen atoms in total. The summed E-state index contributed by atoms with van der Waals surface area (Å²) in [5.74, 6) is 5.24. The number of hydrogen-bond donors (Lipinski definition) is 1. The summed E-state index contributed by atoms with van der Waals surface area (Å²) < 4.78 is 0. The second-order valence-corrected chi connectivity index (χ2v) is 3.68.